The number of carbonyl (C=O) groups is 2. The van der Waals surface area contributed by atoms with E-state index >= 15 is 0 Å². The molecule has 0 bridgehead atoms. The molecule has 2 amide bonds. The number of hydrogen-bond donors (Lipinski definition) is 0. The van der Waals surface area contributed by atoms with Crippen molar-refractivity contribution < 1.29 is 33.4 Å². The Morgan fingerprint density at radius 2 is 1.31 bits per heavy atom. The van der Waals surface area contributed by atoms with E-state index in [4.69, 9.17) is 23.8 Å². The number of hydroxylamine groups is 1. The van der Waals surface area contributed by atoms with E-state index in [1.165, 1.54) is 28.4 Å². The smallest absolute Gasteiger partial charge is 0.266 e. The molecule has 2 fully saturated rings. The predicted octanol–water partition coefficient (Wildman–Crippen LogP) is 3.77. The minimum atomic E-state index is -1.04. The number of ether oxygens (including phenoxy) is 4. The third-order valence-electron chi connectivity index (χ3n) is 6.51. The first-order valence-corrected chi connectivity index (χ1v) is 11.4. The van der Waals surface area contributed by atoms with Crippen LogP contribution < -0.4 is 28.9 Å². The fourth-order valence-corrected chi connectivity index (χ4v) is 4.87. The van der Waals surface area contributed by atoms with Gasteiger partial charge in [-0.25, -0.2) is 9.96 Å². The summed E-state index contributed by atoms with van der Waals surface area (Å²) >= 11 is 0. The van der Waals surface area contributed by atoms with Gasteiger partial charge in [0, 0.05) is 11.6 Å². The highest BCUT2D eigenvalue weighted by Crippen LogP contribution is 2.51. The number of para-hydroxylation sites is 3. The van der Waals surface area contributed by atoms with Crippen molar-refractivity contribution in [3.05, 3.63) is 72.3 Å². The monoisotopic (exact) mass is 490 g/mol. The van der Waals surface area contributed by atoms with Crippen molar-refractivity contribution in [3.63, 3.8) is 0 Å². The maximum atomic E-state index is 13.9. The first-order valence-electron chi connectivity index (χ1n) is 11.4. The largest absolute Gasteiger partial charge is 0.496 e. The van der Waals surface area contributed by atoms with Crippen LogP contribution in [0.15, 0.2) is 66.7 Å². The van der Waals surface area contributed by atoms with Crippen LogP contribution in [0.5, 0.6) is 23.0 Å². The molecule has 2 aliphatic heterocycles. The van der Waals surface area contributed by atoms with Crippen LogP contribution in [0.4, 0.5) is 11.4 Å². The van der Waals surface area contributed by atoms with Crippen LogP contribution in [0, 0.1) is 5.92 Å². The highest BCUT2D eigenvalue weighted by Gasteiger charge is 2.61. The lowest BCUT2D eigenvalue weighted by molar-refractivity contribution is -0.126. The molecular formula is C27H26N2O7. The summed E-state index contributed by atoms with van der Waals surface area (Å²) in [5, 5.41) is 1.61. The molecule has 3 aromatic carbocycles. The van der Waals surface area contributed by atoms with E-state index in [0.717, 1.165) is 4.90 Å². The topological polar surface area (TPSA) is 86.8 Å². The zero-order chi connectivity index (χ0) is 25.4. The molecule has 3 atom stereocenters. The third kappa shape index (κ3) is 3.59. The number of amides is 2. The second-order valence-corrected chi connectivity index (χ2v) is 8.29. The summed E-state index contributed by atoms with van der Waals surface area (Å²) in [5.74, 6) is 0.118. The van der Waals surface area contributed by atoms with E-state index in [1.807, 2.05) is 30.3 Å². The Morgan fingerprint density at radius 3 is 1.97 bits per heavy atom. The Labute approximate surface area is 208 Å². The van der Waals surface area contributed by atoms with E-state index in [9.17, 15) is 9.59 Å². The van der Waals surface area contributed by atoms with Crippen LogP contribution in [0.25, 0.3) is 0 Å². The lowest BCUT2D eigenvalue weighted by Crippen LogP contribution is -2.37. The van der Waals surface area contributed by atoms with Crippen molar-refractivity contribution in [1.82, 2.24) is 0 Å². The number of hydrogen-bond acceptors (Lipinski definition) is 8. The first kappa shape index (κ1) is 23.5. The zero-order valence-corrected chi connectivity index (χ0v) is 20.3. The van der Waals surface area contributed by atoms with Crippen molar-refractivity contribution in [2.75, 3.05) is 38.4 Å². The predicted molar refractivity (Wildman–Crippen MR) is 132 cm³/mol. The van der Waals surface area contributed by atoms with Gasteiger partial charge < -0.3 is 18.9 Å². The number of carbonyl (C=O) groups excluding carboxylic acids is 2. The van der Waals surface area contributed by atoms with Gasteiger partial charge >= 0.3 is 0 Å². The number of imide groups is 1. The molecule has 186 valence electrons. The molecule has 5 rings (SSSR count). The van der Waals surface area contributed by atoms with Crippen molar-refractivity contribution in [1.29, 1.82) is 0 Å². The van der Waals surface area contributed by atoms with Gasteiger partial charge in [-0.15, -0.1) is 0 Å². The molecule has 2 heterocycles. The van der Waals surface area contributed by atoms with Crippen molar-refractivity contribution >= 4 is 23.2 Å². The van der Waals surface area contributed by atoms with Crippen LogP contribution in [-0.2, 0) is 14.4 Å². The molecule has 9 nitrogen and oxygen atoms in total. The van der Waals surface area contributed by atoms with E-state index < -0.39 is 29.9 Å². The van der Waals surface area contributed by atoms with Gasteiger partial charge in [0.15, 0.2) is 17.6 Å². The molecule has 3 aromatic rings. The maximum absolute atomic E-state index is 13.9. The molecule has 2 aliphatic rings. The highest BCUT2D eigenvalue weighted by atomic mass is 16.7. The summed E-state index contributed by atoms with van der Waals surface area (Å²) in [5.41, 5.74) is 1.69. The highest BCUT2D eigenvalue weighted by molar-refractivity contribution is 6.24. The van der Waals surface area contributed by atoms with Gasteiger partial charge in [-0.3, -0.25) is 14.4 Å². The van der Waals surface area contributed by atoms with Gasteiger partial charge in [0.1, 0.15) is 23.5 Å². The summed E-state index contributed by atoms with van der Waals surface area (Å²) in [6.07, 6.45) is -1.04. The van der Waals surface area contributed by atoms with Gasteiger partial charge in [-0.2, -0.15) is 0 Å². The molecule has 36 heavy (non-hydrogen) atoms. The third-order valence-corrected chi connectivity index (χ3v) is 6.51. The summed E-state index contributed by atoms with van der Waals surface area (Å²) in [6.45, 7) is 0. The molecule has 0 aliphatic carbocycles. The number of benzene rings is 3. The van der Waals surface area contributed by atoms with Gasteiger partial charge in [0.2, 0.25) is 5.91 Å². The maximum Gasteiger partial charge on any atom is 0.266 e. The van der Waals surface area contributed by atoms with E-state index in [0.29, 0.717) is 39.9 Å². The summed E-state index contributed by atoms with van der Waals surface area (Å²) in [4.78, 5) is 34.9. The second kappa shape index (κ2) is 9.43. The van der Waals surface area contributed by atoms with Crippen LogP contribution >= 0.6 is 0 Å². The van der Waals surface area contributed by atoms with Crippen LogP contribution in [0.3, 0.4) is 0 Å². The fourth-order valence-electron chi connectivity index (χ4n) is 4.87. The minimum Gasteiger partial charge on any atom is -0.496 e. The number of fused-ring (bicyclic) bond motifs is 1. The molecule has 9 heteroatoms. The molecule has 0 aromatic heterocycles. The Morgan fingerprint density at radius 1 is 0.694 bits per heavy atom. The Hall–Kier alpha value is -4.24. The zero-order valence-electron chi connectivity index (χ0n) is 20.3. The van der Waals surface area contributed by atoms with Gasteiger partial charge in [0.05, 0.1) is 39.8 Å². The quantitative estimate of drug-likeness (QED) is 0.463. The normalized spacial score (nSPS) is 20.9. The molecule has 0 N–H and O–H groups in total. The van der Waals surface area contributed by atoms with Crippen LogP contribution in [-0.4, -0.2) is 46.4 Å². The molecular weight excluding hydrogens is 464 g/mol. The molecule has 2 saturated heterocycles. The molecule has 0 unspecified atom stereocenters. The number of rotatable bonds is 7. The van der Waals surface area contributed by atoms with E-state index in [2.05, 4.69) is 0 Å². The van der Waals surface area contributed by atoms with Gasteiger partial charge in [-0.1, -0.05) is 30.3 Å². The Kier molecular flexibility index (Phi) is 6.15. The number of methoxy groups -OCH3 is 4. The SMILES string of the molecule is COc1cc(OC)c([C@@H]2[C@@H]3C(=O)N(c4ccccc4OC)C(=O)[C@H]3ON2c2ccccc2)cc1OC. The number of anilines is 2. The van der Waals surface area contributed by atoms with Crippen molar-refractivity contribution in [3.8, 4) is 23.0 Å². The Bertz CT molecular complexity index is 1300. The average molecular weight is 491 g/mol. The summed E-state index contributed by atoms with van der Waals surface area (Å²) in [7, 11) is 6.10. The van der Waals surface area contributed by atoms with Crippen molar-refractivity contribution in [2.24, 2.45) is 5.92 Å². The number of nitrogens with zero attached hydrogens (tertiary/aromatic N) is 2. The second-order valence-electron chi connectivity index (χ2n) is 8.29. The lowest BCUT2D eigenvalue weighted by atomic mass is 9.89. The summed E-state index contributed by atoms with van der Waals surface area (Å²) in [6, 6.07) is 19.0. The average Bonchev–Trinajstić information content (AvgIpc) is 3.43. The van der Waals surface area contributed by atoms with E-state index in [1.54, 1.807) is 41.5 Å². The van der Waals surface area contributed by atoms with Crippen molar-refractivity contribution in [2.45, 2.75) is 12.1 Å². The Balaban J connectivity index is 1.67. The fraction of sp³-hybridized carbons (Fsp3) is 0.259. The van der Waals surface area contributed by atoms with Crippen LogP contribution in [0.2, 0.25) is 0 Å². The van der Waals surface area contributed by atoms with Crippen LogP contribution in [0.1, 0.15) is 11.6 Å². The minimum absolute atomic E-state index is 0.372. The molecule has 0 spiro atoms. The molecule has 0 radical (unpaired) electrons. The lowest BCUT2D eigenvalue weighted by Gasteiger charge is -2.30. The van der Waals surface area contributed by atoms with E-state index in [-0.39, 0.29) is 0 Å². The molecule has 0 saturated carbocycles. The van der Waals surface area contributed by atoms with Gasteiger partial charge in [0.25, 0.3) is 5.91 Å². The standard InChI is InChI=1S/C27H26N2O7/c1-32-19-13-9-8-12-18(19)28-26(30)23-24(17-14-21(34-3)22(35-4)15-20(17)33-2)29(36-25(23)27(28)31)16-10-6-5-7-11-16/h5-15,23-25H,1-4H3/t23-,24+,25-/m0/s1. The first-order chi connectivity index (χ1) is 17.5. The summed E-state index contributed by atoms with van der Waals surface area (Å²) < 4.78 is 22.1. The van der Waals surface area contributed by atoms with Gasteiger partial charge in [-0.05, 0) is 30.3 Å².